The van der Waals surface area contributed by atoms with Crippen molar-refractivity contribution >= 4 is 39.8 Å². The summed E-state index contributed by atoms with van der Waals surface area (Å²) in [6.07, 6.45) is 1.05. The van der Waals surface area contributed by atoms with Gasteiger partial charge in [0.05, 0.1) is 18.9 Å². The Morgan fingerprint density at radius 2 is 1.86 bits per heavy atom. The van der Waals surface area contributed by atoms with Crippen LogP contribution in [-0.2, 0) is 14.6 Å². The molecule has 0 radical (unpaired) electrons. The minimum atomic E-state index is -2.94. The lowest BCUT2D eigenvalue weighted by atomic mass is 10.1. The highest BCUT2D eigenvalue weighted by molar-refractivity contribution is 14.0. The number of hydrogen-bond donors (Lipinski definition) is 2. The van der Waals surface area contributed by atoms with E-state index in [0.717, 1.165) is 19.6 Å². The van der Waals surface area contributed by atoms with Crippen molar-refractivity contribution in [1.82, 2.24) is 10.6 Å². The maximum absolute atomic E-state index is 11.4. The fraction of sp³-hybridized carbons (Fsp3) is 0.929. The summed E-state index contributed by atoms with van der Waals surface area (Å²) in [7, 11) is -2.94. The first-order valence-corrected chi connectivity index (χ1v) is 9.53. The number of halogens is 1. The first-order chi connectivity index (χ1) is 9.91. The number of ether oxygens (including phenoxy) is 1. The summed E-state index contributed by atoms with van der Waals surface area (Å²) >= 11 is 0. The molecule has 0 aromatic carbocycles. The Morgan fingerprint density at radius 1 is 1.18 bits per heavy atom. The zero-order valence-electron chi connectivity index (χ0n) is 14.2. The van der Waals surface area contributed by atoms with Gasteiger partial charge in [0.2, 0.25) is 0 Å². The van der Waals surface area contributed by atoms with Crippen LogP contribution in [0.15, 0.2) is 4.99 Å². The summed E-state index contributed by atoms with van der Waals surface area (Å²) in [6.45, 7) is 11.0. The zero-order chi connectivity index (χ0) is 16.1. The molecule has 2 N–H and O–H groups in total. The molecule has 6 nitrogen and oxygen atoms in total. The van der Waals surface area contributed by atoms with Gasteiger partial charge in [-0.3, -0.25) is 4.99 Å². The monoisotopic (exact) mass is 449 g/mol. The fourth-order valence-electron chi connectivity index (χ4n) is 1.45. The van der Waals surface area contributed by atoms with E-state index in [2.05, 4.69) is 29.5 Å². The van der Waals surface area contributed by atoms with Crippen LogP contribution in [0.1, 0.15) is 34.1 Å². The predicted molar refractivity (Wildman–Crippen MR) is 104 cm³/mol. The minimum Gasteiger partial charge on any atom is -0.380 e. The molecule has 8 heteroatoms. The molecule has 0 fully saturated rings. The molecule has 0 unspecified atom stereocenters. The summed E-state index contributed by atoms with van der Waals surface area (Å²) in [4.78, 5) is 4.35. The van der Waals surface area contributed by atoms with Gasteiger partial charge >= 0.3 is 0 Å². The van der Waals surface area contributed by atoms with Gasteiger partial charge in [0.25, 0.3) is 0 Å². The van der Waals surface area contributed by atoms with Crippen LogP contribution in [0.25, 0.3) is 0 Å². The van der Waals surface area contributed by atoms with Crippen molar-refractivity contribution in [1.29, 1.82) is 0 Å². The number of guanidine groups is 1. The molecule has 0 aliphatic rings. The van der Waals surface area contributed by atoms with Gasteiger partial charge in [-0.25, -0.2) is 8.42 Å². The molecule has 0 aliphatic carbocycles. The van der Waals surface area contributed by atoms with Crippen molar-refractivity contribution in [3.8, 4) is 0 Å². The van der Waals surface area contributed by atoms with E-state index in [1.165, 1.54) is 0 Å². The van der Waals surface area contributed by atoms with Gasteiger partial charge in [0.1, 0.15) is 0 Å². The zero-order valence-corrected chi connectivity index (χ0v) is 17.4. The van der Waals surface area contributed by atoms with Gasteiger partial charge in [-0.1, -0.05) is 20.8 Å². The largest absolute Gasteiger partial charge is 0.380 e. The molecule has 0 aromatic heterocycles. The molecule has 0 saturated heterocycles. The Labute approximate surface area is 152 Å². The quantitative estimate of drug-likeness (QED) is 0.217. The predicted octanol–water partition coefficient (Wildman–Crippen LogP) is 1.66. The van der Waals surface area contributed by atoms with Gasteiger partial charge in [0.15, 0.2) is 15.8 Å². The number of rotatable bonds is 11. The molecule has 0 atom stereocenters. The van der Waals surface area contributed by atoms with Gasteiger partial charge in [-0.2, -0.15) is 0 Å². The summed E-state index contributed by atoms with van der Waals surface area (Å²) < 4.78 is 28.3. The van der Waals surface area contributed by atoms with E-state index in [0.29, 0.717) is 31.6 Å². The highest BCUT2D eigenvalue weighted by Gasteiger charge is 2.07. The van der Waals surface area contributed by atoms with Crippen LogP contribution in [0.2, 0.25) is 0 Å². The SMILES string of the molecule is CCNC(=NCCOCCC(C)C)NCCS(=O)(=O)CC.I. The maximum atomic E-state index is 11.4. The molecule has 0 spiro atoms. The smallest absolute Gasteiger partial charge is 0.191 e. The van der Waals surface area contributed by atoms with Crippen molar-refractivity contribution in [2.24, 2.45) is 10.9 Å². The third-order valence-corrected chi connectivity index (χ3v) is 4.54. The fourth-order valence-corrected chi connectivity index (χ4v) is 2.16. The molecule has 0 heterocycles. The van der Waals surface area contributed by atoms with Crippen LogP contribution in [-0.4, -0.2) is 58.7 Å². The summed E-state index contributed by atoms with van der Waals surface area (Å²) in [5.74, 6) is 1.58. The molecule has 0 saturated carbocycles. The van der Waals surface area contributed by atoms with E-state index in [-0.39, 0.29) is 35.5 Å². The Morgan fingerprint density at radius 3 is 2.41 bits per heavy atom. The molecule has 22 heavy (non-hydrogen) atoms. The standard InChI is InChI=1S/C14H31N3O3S.HI/c1-5-15-14(17-9-12-21(18,19)6-2)16-8-11-20-10-7-13(3)4;/h13H,5-12H2,1-4H3,(H2,15,16,17);1H. The molecule has 134 valence electrons. The first-order valence-electron chi connectivity index (χ1n) is 7.71. The van der Waals surface area contributed by atoms with Crippen LogP contribution in [0, 0.1) is 5.92 Å². The molecule has 0 amide bonds. The second kappa shape index (κ2) is 14.5. The molecule has 0 rings (SSSR count). The first kappa shape index (κ1) is 24.2. The average Bonchev–Trinajstić information content (AvgIpc) is 2.42. The van der Waals surface area contributed by atoms with E-state index in [9.17, 15) is 8.42 Å². The topological polar surface area (TPSA) is 79.8 Å². The Kier molecular flexibility index (Phi) is 15.9. The second-order valence-corrected chi connectivity index (χ2v) is 7.69. The van der Waals surface area contributed by atoms with Gasteiger partial charge in [-0.15, -0.1) is 24.0 Å². The third kappa shape index (κ3) is 14.8. The van der Waals surface area contributed by atoms with Crippen LogP contribution < -0.4 is 10.6 Å². The third-order valence-electron chi connectivity index (χ3n) is 2.83. The van der Waals surface area contributed by atoms with Crippen LogP contribution in [0.4, 0.5) is 0 Å². The molecular weight excluding hydrogens is 417 g/mol. The normalized spacial score (nSPS) is 12.1. The van der Waals surface area contributed by atoms with Gasteiger partial charge in [0, 0.05) is 25.4 Å². The Balaban J connectivity index is 0. The van der Waals surface area contributed by atoms with Crippen molar-refractivity contribution in [3.63, 3.8) is 0 Å². The number of aliphatic imine (C=N–C) groups is 1. The number of nitrogens with zero attached hydrogens (tertiary/aromatic N) is 1. The molecule has 0 aliphatic heterocycles. The van der Waals surface area contributed by atoms with E-state index >= 15 is 0 Å². The highest BCUT2D eigenvalue weighted by Crippen LogP contribution is 1.98. The van der Waals surface area contributed by atoms with Crippen LogP contribution in [0.3, 0.4) is 0 Å². The summed E-state index contributed by atoms with van der Waals surface area (Å²) in [5.41, 5.74) is 0. The Hall–Kier alpha value is -0.0900. The molecule has 0 aromatic rings. The van der Waals surface area contributed by atoms with Crippen LogP contribution in [0.5, 0.6) is 0 Å². The number of hydrogen-bond acceptors (Lipinski definition) is 4. The van der Waals surface area contributed by atoms with Crippen LogP contribution >= 0.6 is 24.0 Å². The van der Waals surface area contributed by atoms with Gasteiger partial charge < -0.3 is 15.4 Å². The lowest BCUT2D eigenvalue weighted by Crippen LogP contribution is -2.40. The lowest BCUT2D eigenvalue weighted by molar-refractivity contribution is 0.130. The van der Waals surface area contributed by atoms with E-state index in [4.69, 9.17) is 4.74 Å². The van der Waals surface area contributed by atoms with E-state index < -0.39 is 9.84 Å². The number of nitrogens with one attached hydrogen (secondary N) is 2. The van der Waals surface area contributed by atoms with Crippen molar-refractivity contribution in [2.75, 3.05) is 44.4 Å². The average molecular weight is 449 g/mol. The van der Waals surface area contributed by atoms with Crippen molar-refractivity contribution in [3.05, 3.63) is 0 Å². The van der Waals surface area contributed by atoms with Gasteiger partial charge in [-0.05, 0) is 19.3 Å². The summed E-state index contributed by atoms with van der Waals surface area (Å²) in [5, 5.41) is 6.11. The molecular formula is C14H32IN3O3S. The van der Waals surface area contributed by atoms with Crippen molar-refractivity contribution in [2.45, 2.75) is 34.1 Å². The van der Waals surface area contributed by atoms with E-state index in [1.807, 2.05) is 6.92 Å². The number of sulfone groups is 1. The Bertz CT molecular complexity index is 387. The van der Waals surface area contributed by atoms with E-state index in [1.54, 1.807) is 6.92 Å². The summed E-state index contributed by atoms with van der Waals surface area (Å²) in [6, 6.07) is 0. The second-order valence-electron chi connectivity index (χ2n) is 5.22. The molecule has 0 bridgehead atoms. The lowest BCUT2D eigenvalue weighted by Gasteiger charge is -2.11. The highest BCUT2D eigenvalue weighted by atomic mass is 127. The minimum absolute atomic E-state index is 0. The maximum Gasteiger partial charge on any atom is 0.191 e. The van der Waals surface area contributed by atoms with Crippen molar-refractivity contribution < 1.29 is 13.2 Å².